The summed E-state index contributed by atoms with van der Waals surface area (Å²) in [7, 11) is 0. The van der Waals surface area contributed by atoms with E-state index >= 15 is 0 Å². The zero-order chi connectivity index (χ0) is 31.7. The maximum absolute atomic E-state index is 13.1. The van der Waals surface area contributed by atoms with Gasteiger partial charge in [0.05, 0.1) is 0 Å². The third-order valence-corrected chi connectivity index (χ3v) is 7.12. The molecular weight excluding hydrogens is 580 g/mol. The van der Waals surface area contributed by atoms with Crippen LogP contribution in [0, 0.1) is 0 Å². The summed E-state index contributed by atoms with van der Waals surface area (Å²) in [5.41, 5.74) is 0.0948. The molecule has 0 saturated carbocycles. The van der Waals surface area contributed by atoms with Crippen LogP contribution >= 0.6 is 0 Å². The monoisotopic (exact) mass is 618 g/mol. The molecule has 3 heterocycles. The first-order chi connectivity index (χ1) is 21.9. The molecule has 15 heteroatoms. The Kier molecular flexibility index (Phi) is 12.2. The molecule has 4 amide bonds. The number of aromatic nitrogens is 6. The minimum Gasteiger partial charge on any atom is -0.445 e. The lowest BCUT2D eigenvalue weighted by atomic mass is 9.83. The average Bonchev–Trinajstić information content (AvgIpc) is 3.87. The molecule has 0 aliphatic carbocycles. The van der Waals surface area contributed by atoms with Gasteiger partial charge in [-0.25, -0.2) is 34.1 Å². The van der Waals surface area contributed by atoms with Gasteiger partial charge in [-0.3, -0.25) is 13.7 Å². The van der Waals surface area contributed by atoms with Gasteiger partial charge in [-0.2, -0.15) is 0 Å². The van der Waals surface area contributed by atoms with Gasteiger partial charge in [-0.05, 0) is 44.1 Å². The minimum atomic E-state index is -0.757. The van der Waals surface area contributed by atoms with E-state index in [0.29, 0.717) is 58.2 Å². The normalized spacial score (nSPS) is 11.0. The fraction of sp³-hybridized carbons (Fsp3) is 0.367. The number of imidazole rings is 3. The molecular formula is C30H38N10O5. The number of hydrogen-bond acceptors (Lipinski definition) is 8. The van der Waals surface area contributed by atoms with Crippen molar-refractivity contribution in [3.8, 4) is 0 Å². The first-order valence-electron chi connectivity index (χ1n) is 14.7. The van der Waals surface area contributed by atoms with E-state index in [9.17, 15) is 19.2 Å². The van der Waals surface area contributed by atoms with Crippen LogP contribution in [-0.2, 0) is 11.3 Å². The molecule has 45 heavy (non-hydrogen) atoms. The Labute approximate surface area is 260 Å². The van der Waals surface area contributed by atoms with E-state index in [1.165, 1.54) is 51.3 Å². The predicted octanol–water partition coefficient (Wildman–Crippen LogP) is 3.36. The number of hydrogen-bond donors (Lipinski definition) is 4. The van der Waals surface area contributed by atoms with Gasteiger partial charge in [0.1, 0.15) is 25.6 Å². The maximum Gasteiger partial charge on any atom is 0.407 e. The number of nitrogens with one attached hydrogen (secondary N) is 4. The summed E-state index contributed by atoms with van der Waals surface area (Å²) in [5, 5.41) is 11.7. The van der Waals surface area contributed by atoms with Crippen molar-refractivity contribution >= 4 is 24.2 Å². The first-order valence-corrected chi connectivity index (χ1v) is 14.7. The lowest BCUT2D eigenvalue weighted by Crippen LogP contribution is -2.50. The zero-order valence-electron chi connectivity index (χ0n) is 24.9. The fourth-order valence-corrected chi connectivity index (χ4v) is 4.82. The number of rotatable bonds is 15. The Morgan fingerprint density at radius 3 is 1.44 bits per heavy atom. The molecule has 0 aliphatic heterocycles. The van der Waals surface area contributed by atoms with Gasteiger partial charge < -0.3 is 26.0 Å². The molecule has 0 radical (unpaired) electrons. The quantitative estimate of drug-likeness (QED) is 0.146. The molecule has 238 valence electrons. The Hall–Kier alpha value is -5.47. The van der Waals surface area contributed by atoms with Crippen LogP contribution in [0.5, 0.6) is 0 Å². The third kappa shape index (κ3) is 10.6. The molecule has 0 spiro atoms. The third-order valence-electron chi connectivity index (χ3n) is 7.12. The number of alkyl carbamates (subject to hydrolysis) is 1. The molecule has 15 nitrogen and oxygen atoms in total. The van der Waals surface area contributed by atoms with Gasteiger partial charge in [0.25, 0.3) is 0 Å². The average molecular weight is 619 g/mol. The maximum atomic E-state index is 13.1. The van der Waals surface area contributed by atoms with Crippen molar-refractivity contribution in [1.82, 2.24) is 49.9 Å². The number of benzene rings is 1. The Morgan fingerprint density at radius 2 is 1.07 bits per heavy atom. The van der Waals surface area contributed by atoms with Crippen LogP contribution in [0.25, 0.3) is 0 Å². The van der Waals surface area contributed by atoms with Crippen molar-refractivity contribution in [2.45, 2.75) is 50.7 Å². The summed E-state index contributed by atoms with van der Waals surface area (Å²) in [5.74, 6) is 0. The van der Waals surface area contributed by atoms with E-state index in [1.807, 2.05) is 30.3 Å². The minimum absolute atomic E-state index is 0.103. The fourth-order valence-electron chi connectivity index (χ4n) is 4.82. The molecule has 4 N–H and O–H groups in total. The second-order valence-electron chi connectivity index (χ2n) is 10.4. The second-order valence-corrected chi connectivity index (χ2v) is 10.4. The molecule has 0 bridgehead atoms. The second kappa shape index (κ2) is 17.0. The highest BCUT2D eigenvalue weighted by Gasteiger charge is 2.32. The smallest absolute Gasteiger partial charge is 0.407 e. The van der Waals surface area contributed by atoms with E-state index in [4.69, 9.17) is 4.74 Å². The highest BCUT2D eigenvalue weighted by Crippen LogP contribution is 2.26. The van der Waals surface area contributed by atoms with Gasteiger partial charge in [-0.15, -0.1) is 0 Å². The Balaban J connectivity index is 1.40. The number of amides is 4. The van der Waals surface area contributed by atoms with Crippen molar-refractivity contribution < 1.29 is 23.9 Å². The van der Waals surface area contributed by atoms with Gasteiger partial charge >= 0.3 is 24.2 Å². The van der Waals surface area contributed by atoms with Crippen LogP contribution in [0.4, 0.5) is 19.2 Å². The molecule has 0 fully saturated rings. The number of carbonyl (C=O) groups excluding carboxylic acids is 4. The summed E-state index contributed by atoms with van der Waals surface area (Å²) in [6, 6.07) is 8.44. The molecule has 1 aromatic carbocycles. The molecule has 4 rings (SSSR count). The molecule has 3 aromatic heterocycles. The first kappa shape index (κ1) is 32.4. The highest BCUT2D eigenvalue weighted by atomic mass is 16.5. The SMILES string of the molecule is O=C(NC(CCCNC(=O)n1ccnc1)(CCCNC(=O)n1ccnc1)CCCNC(=O)n1ccnc1)OCc1ccccc1. The van der Waals surface area contributed by atoms with Crippen LogP contribution in [-0.4, -0.2) is 78.0 Å². The largest absolute Gasteiger partial charge is 0.445 e. The van der Waals surface area contributed by atoms with Crippen molar-refractivity contribution in [1.29, 1.82) is 0 Å². The van der Waals surface area contributed by atoms with Gasteiger partial charge in [0, 0.05) is 62.4 Å². The van der Waals surface area contributed by atoms with Gasteiger partial charge in [0.2, 0.25) is 0 Å². The highest BCUT2D eigenvalue weighted by molar-refractivity contribution is 5.77. The predicted molar refractivity (Wildman–Crippen MR) is 163 cm³/mol. The Morgan fingerprint density at radius 1 is 0.644 bits per heavy atom. The molecule has 0 unspecified atom stereocenters. The van der Waals surface area contributed by atoms with E-state index in [-0.39, 0.29) is 24.7 Å². The van der Waals surface area contributed by atoms with Crippen molar-refractivity contribution in [3.63, 3.8) is 0 Å². The van der Waals surface area contributed by atoms with Crippen LogP contribution in [0.1, 0.15) is 44.1 Å². The van der Waals surface area contributed by atoms with Crippen molar-refractivity contribution in [2.24, 2.45) is 0 Å². The lowest BCUT2D eigenvalue weighted by molar-refractivity contribution is 0.118. The standard InChI is InChI=1S/C30H38N10O5/c41-26(38-18-15-31-22-38)34-12-4-9-30(10-5-13-35-27(42)39-19-16-32-23-39,11-6-14-36-28(43)40-20-17-33-24-40)37-29(44)45-21-25-7-2-1-3-8-25/h1-3,7-8,15-20,22-24H,4-6,9-14,21H2,(H,34,41)(H,35,42)(H,36,43)(H,37,44). The summed E-state index contributed by atoms with van der Waals surface area (Å²) in [4.78, 5) is 62.0. The van der Waals surface area contributed by atoms with Crippen molar-refractivity contribution in [2.75, 3.05) is 19.6 Å². The van der Waals surface area contributed by atoms with Crippen LogP contribution in [0.15, 0.2) is 86.5 Å². The van der Waals surface area contributed by atoms with Gasteiger partial charge in [-0.1, -0.05) is 30.3 Å². The van der Waals surface area contributed by atoms with Crippen LogP contribution in [0.3, 0.4) is 0 Å². The number of carbonyl (C=O) groups is 4. The molecule has 0 saturated heterocycles. The van der Waals surface area contributed by atoms with E-state index < -0.39 is 11.6 Å². The van der Waals surface area contributed by atoms with Crippen LogP contribution in [0.2, 0.25) is 0 Å². The molecule has 4 aromatic rings. The topological polar surface area (TPSA) is 179 Å². The van der Waals surface area contributed by atoms with Crippen molar-refractivity contribution in [3.05, 3.63) is 92.1 Å². The Bertz CT molecular complexity index is 1330. The van der Waals surface area contributed by atoms with Gasteiger partial charge in [0.15, 0.2) is 0 Å². The zero-order valence-corrected chi connectivity index (χ0v) is 24.9. The number of ether oxygens (including phenoxy) is 1. The summed E-state index contributed by atoms with van der Waals surface area (Å²) in [6.07, 6.45) is 16.0. The summed E-state index contributed by atoms with van der Waals surface area (Å²) < 4.78 is 9.61. The van der Waals surface area contributed by atoms with E-state index in [0.717, 1.165) is 5.56 Å². The summed E-state index contributed by atoms with van der Waals surface area (Å²) >= 11 is 0. The molecule has 0 aliphatic rings. The van der Waals surface area contributed by atoms with E-state index in [2.05, 4.69) is 36.2 Å². The molecule has 0 atom stereocenters. The van der Waals surface area contributed by atoms with E-state index in [1.54, 1.807) is 18.6 Å². The summed E-state index contributed by atoms with van der Waals surface area (Å²) in [6.45, 7) is 1.17. The number of nitrogens with zero attached hydrogens (tertiary/aromatic N) is 6. The lowest BCUT2D eigenvalue weighted by Gasteiger charge is -2.35. The van der Waals surface area contributed by atoms with Crippen LogP contribution < -0.4 is 21.3 Å².